The van der Waals surface area contributed by atoms with Crippen LogP contribution in [0.1, 0.15) is 65.2 Å². The molecule has 2 saturated heterocycles. The van der Waals surface area contributed by atoms with Gasteiger partial charge in [0.2, 0.25) is 5.88 Å². The minimum atomic E-state index is -0.246. The maximum absolute atomic E-state index is 13.5. The highest BCUT2D eigenvalue weighted by molar-refractivity contribution is 5.99. The van der Waals surface area contributed by atoms with E-state index in [1.54, 1.807) is 13.2 Å². The molecule has 37 heavy (non-hydrogen) atoms. The average molecular weight is 497 g/mol. The number of nitrogens with zero attached hydrogens (tertiary/aromatic N) is 2. The fourth-order valence-electron chi connectivity index (χ4n) is 6.69. The first-order valence-electron chi connectivity index (χ1n) is 13.2. The Balaban J connectivity index is 1.16. The van der Waals surface area contributed by atoms with Crippen molar-refractivity contribution in [2.24, 2.45) is 5.92 Å². The summed E-state index contributed by atoms with van der Waals surface area (Å²) in [4.78, 5) is 33.2. The van der Waals surface area contributed by atoms with Crippen LogP contribution in [-0.2, 0) is 4.74 Å². The van der Waals surface area contributed by atoms with Crippen molar-refractivity contribution in [3.63, 3.8) is 0 Å². The van der Waals surface area contributed by atoms with Crippen molar-refractivity contribution in [3.05, 3.63) is 83.0 Å². The molecule has 3 aliphatic rings. The lowest BCUT2D eigenvalue weighted by Crippen LogP contribution is -2.56. The number of hydrogen-bond donors (Lipinski definition) is 0. The molecule has 6 nitrogen and oxygen atoms in total. The number of piperidine rings is 2. The molecule has 0 N–H and O–H groups in total. The SMILES string of the molecule is COc1ccc(C(=O)C2CC3CCCC(C2)N3C(=O)OCC2c3ccccc3-c3ccccc32)c(C)n1. The largest absolute Gasteiger partial charge is 0.481 e. The van der Waals surface area contributed by atoms with Crippen molar-refractivity contribution in [1.82, 2.24) is 9.88 Å². The first-order valence-corrected chi connectivity index (χ1v) is 13.2. The third-order valence-electron chi connectivity index (χ3n) is 8.43. The molecular formula is C31H32N2O4. The van der Waals surface area contributed by atoms with Crippen LogP contribution in [0.2, 0.25) is 0 Å². The number of carbonyl (C=O) groups excluding carboxylic acids is 2. The Morgan fingerprint density at radius 1 is 0.919 bits per heavy atom. The van der Waals surface area contributed by atoms with Crippen molar-refractivity contribution >= 4 is 11.9 Å². The van der Waals surface area contributed by atoms with Crippen LogP contribution in [0.3, 0.4) is 0 Å². The van der Waals surface area contributed by atoms with Gasteiger partial charge in [-0.25, -0.2) is 9.78 Å². The van der Waals surface area contributed by atoms with Gasteiger partial charge in [-0.1, -0.05) is 48.5 Å². The van der Waals surface area contributed by atoms with Gasteiger partial charge in [-0.05, 0) is 67.3 Å². The van der Waals surface area contributed by atoms with Crippen LogP contribution < -0.4 is 4.74 Å². The highest BCUT2D eigenvalue weighted by Gasteiger charge is 2.44. The Bertz CT molecular complexity index is 1290. The van der Waals surface area contributed by atoms with Crippen LogP contribution in [0.25, 0.3) is 11.1 Å². The number of aromatic nitrogens is 1. The van der Waals surface area contributed by atoms with Gasteiger partial charge in [0.25, 0.3) is 0 Å². The predicted molar refractivity (Wildman–Crippen MR) is 141 cm³/mol. The quantitative estimate of drug-likeness (QED) is 0.396. The van der Waals surface area contributed by atoms with E-state index in [0.717, 1.165) is 19.3 Å². The number of pyridine rings is 1. The van der Waals surface area contributed by atoms with Crippen LogP contribution in [0, 0.1) is 12.8 Å². The smallest absolute Gasteiger partial charge is 0.410 e. The Morgan fingerprint density at radius 3 is 2.14 bits per heavy atom. The molecule has 3 aromatic rings. The van der Waals surface area contributed by atoms with Gasteiger partial charge < -0.3 is 14.4 Å². The van der Waals surface area contributed by atoms with Crippen molar-refractivity contribution in [3.8, 4) is 17.0 Å². The topological polar surface area (TPSA) is 68.7 Å². The summed E-state index contributed by atoms with van der Waals surface area (Å²) < 4.78 is 11.2. The Morgan fingerprint density at radius 2 is 1.54 bits per heavy atom. The summed E-state index contributed by atoms with van der Waals surface area (Å²) in [6.45, 7) is 2.17. The molecule has 6 rings (SSSR count). The lowest BCUT2D eigenvalue weighted by molar-refractivity contribution is 0.00648. The number of ketones is 1. The molecule has 2 fully saturated rings. The number of benzene rings is 2. The average Bonchev–Trinajstić information content (AvgIpc) is 3.24. The molecule has 2 bridgehead atoms. The number of ether oxygens (including phenoxy) is 2. The predicted octanol–water partition coefficient (Wildman–Crippen LogP) is 6.16. The molecule has 3 heterocycles. The summed E-state index contributed by atoms with van der Waals surface area (Å²) in [5.41, 5.74) is 6.21. The molecule has 0 saturated carbocycles. The molecule has 0 radical (unpaired) electrons. The number of carbonyl (C=O) groups is 2. The summed E-state index contributed by atoms with van der Waals surface area (Å²) in [5, 5.41) is 0. The standard InChI is InChI=1S/C31H32N2O4/c1-19-23(14-15-29(32-19)36-2)30(34)20-16-21-8-7-9-22(17-20)33(21)31(35)37-18-28-26-12-5-3-10-24(26)25-11-4-6-13-27(25)28/h3-6,10-15,20-22,28H,7-9,16-18H2,1-2H3. The maximum Gasteiger partial charge on any atom is 0.410 e. The van der Waals surface area contributed by atoms with Crippen LogP contribution in [0.15, 0.2) is 60.7 Å². The normalized spacial score (nSPS) is 22.2. The molecule has 2 aromatic carbocycles. The fourth-order valence-corrected chi connectivity index (χ4v) is 6.69. The number of amides is 1. The van der Waals surface area contributed by atoms with Gasteiger partial charge in [-0.15, -0.1) is 0 Å². The van der Waals surface area contributed by atoms with Crippen LogP contribution in [-0.4, -0.2) is 47.6 Å². The molecule has 2 atom stereocenters. The second-order valence-corrected chi connectivity index (χ2v) is 10.5. The number of fused-ring (bicyclic) bond motifs is 5. The Hall–Kier alpha value is -3.67. The second-order valence-electron chi connectivity index (χ2n) is 10.5. The zero-order chi connectivity index (χ0) is 25.5. The highest BCUT2D eigenvalue weighted by atomic mass is 16.6. The van der Waals surface area contributed by atoms with Crippen molar-refractivity contribution in [1.29, 1.82) is 0 Å². The first-order chi connectivity index (χ1) is 18.0. The molecule has 190 valence electrons. The minimum absolute atomic E-state index is 0.0311. The van der Waals surface area contributed by atoms with E-state index in [4.69, 9.17) is 9.47 Å². The third-order valence-corrected chi connectivity index (χ3v) is 8.43. The fraction of sp³-hybridized carbons (Fsp3) is 0.387. The monoisotopic (exact) mass is 496 g/mol. The van der Waals surface area contributed by atoms with E-state index in [1.807, 2.05) is 30.0 Å². The second kappa shape index (κ2) is 9.66. The molecule has 2 unspecified atom stereocenters. The lowest BCUT2D eigenvalue weighted by atomic mass is 9.75. The van der Waals surface area contributed by atoms with Gasteiger partial charge in [0.15, 0.2) is 5.78 Å². The molecule has 1 aromatic heterocycles. The summed E-state index contributed by atoms with van der Waals surface area (Å²) in [5.74, 6) is 0.565. The molecule has 6 heteroatoms. The zero-order valence-electron chi connectivity index (χ0n) is 21.4. The Kier molecular flexibility index (Phi) is 6.19. The molecule has 1 amide bonds. The van der Waals surface area contributed by atoms with Gasteiger partial charge in [-0.2, -0.15) is 0 Å². The summed E-state index contributed by atoms with van der Waals surface area (Å²) in [7, 11) is 1.57. The van der Waals surface area contributed by atoms with Gasteiger partial charge >= 0.3 is 6.09 Å². The van der Waals surface area contributed by atoms with E-state index in [9.17, 15) is 9.59 Å². The third kappa shape index (κ3) is 4.18. The van der Waals surface area contributed by atoms with Gasteiger partial charge in [0, 0.05) is 35.5 Å². The zero-order valence-corrected chi connectivity index (χ0v) is 21.4. The maximum atomic E-state index is 13.5. The van der Waals surface area contributed by atoms with Gasteiger partial charge in [-0.3, -0.25) is 4.79 Å². The van der Waals surface area contributed by atoms with Crippen molar-refractivity contribution in [2.45, 2.75) is 57.0 Å². The summed E-state index contributed by atoms with van der Waals surface area (Å²) in [6.07, 6.45) is 3.99. The van der Waals surface area contributed by atoms with E-state index in [2.05, 4.69) is 41.4 Å². The van der Waals surface area contributed by atoms with E-state index in [1.165, 1.54) is 22.3 Å². The minimum Gasteiger partial charge on any atom is -0.481 e. The van der Waals surface area contributed by atoms with E-state index >= 15 is 0 Å². The van der Waals surface area contributed by atoms with Crippen LogP contribution >= 0.6 is 0 Å². The Labute approximate surface area is 217 Å². The van der Waals surface area contributed by atoms with E-state index in [-0.39, 0.29) is 35.8 Å². The van der Waals surface area contributed by atoms with Crippen molar-refractivity contribution in [2.75, 3.05) is 13.7 Å². The molecule has 1 aliphatic carbocycles. The molecule has 0 spiro atoms. The number of hydrogen-bond acceptors (Lipinski definition) is 5. The summed E-state index contributed by atoms with van der Waals surface area (Å²) in [6, 6.07) is 20.4. The molecule has 2 aliphatic heterocycles. The highest BCUT2D eigenvalue weighted by Crippen LogP contribution is 2.45. The van der Waals surface area contributed by atoms with E-state index < -0.39 is 0 Å². The molecular weight excluding hydrogens is 464 g/mol. The van der Waals surface area contributed by atoms with Crippen molar-refractivity contribution < 1.29 is 19.1 Å². The number of methoxy groups -OCH3 is 1. The van der Waals surface area contributed by atoms with E-state index in [0.29, 0.717) is 36.6 Å². The van der Waals surface area contributed by atoms with Crippen LogP contribution in [0.5, 0.6) is 5.88 Å². The van der Waals surface area contributed by atoms with Gasteiger partial charge in [0.1, 0.15) is 6.61 Å². The van der Waals surface area contributed by atoms with Gasteiger partial charge in [0.05, 0.1) is 12.8 Å². The lowest BCUT2D eigenvalue weighted by Gasteiger charge is -2.47. The number of Topliss-reactive ketones (excluding diaryl/α,β-unsaturated/α-hetero) is 1. The summed E-state index contributed by atoms with van der Waals surface area (Å²) >= 11 is 0. The first kappa shape index (κ1) is 23.7. The number of rotatable bonds is 5. The van der Waals surface area contributed by atoms with Crippen LogP contribution in [0.4, 0.5) is 4.79 Å². The number of aryl methyl sites for hydroxylation is 1.